The Morgan fingerprint density at radius 3 is 2.50 bits per heavy atom. The summed E-state index contributed by atoms with van der Waals surface area (Å²) in [5, 5.41) is 3.30. The van der Waals surface area contributed by atoms with Crippen LogP contribution in [-0.4, -0.2) is 52.6 Å². The fourth-order valence-corrected chi connectivity index (χ4v) is 3.57. The third kappa shape index (κ3) is 4.96. The molecule has 112 valence electrons. The van der Waals surface area contributed by atoms with Crippen LogP contribution in [0, 0.1) is 3.57 Å². The molecule has 0 aliphatic carbocycles. The maximum atomic E-state index is 12.1. The molecular weight excluding hydrogens is 389 g/mol. The zero-order valence-electron chi connectivity index (χ0n) is 11.3. The number of sulfonamides is 1. The quantitative estimate of drug-likeness (QED) is 0.541. The van der Waals surface area contributed by atoms with E-state index in [1.165, 1.54) is 0 Å². The Morgan fingerprint density at radius 1 is 1.20 bits per heavy atom. The molecule has 0 amide bonds. The van der Waals surface area contributed by atoms with Crippen LogP contribution in [0.25, 0.3) is 0 Å². The average Bonchev–Trinajstić information content (AvgIpc) is 2.45. The molecule has 1 aromatic carbocycles. The Balaban J connectivity index is 1.76. The van der Waals surface area contributed by atoms with Gasteiger partial charge in [-0.25, -0.2) is 13.1 Å². The van der Waals surface area contributed by atoms with Crippen molar-refractivity contribution in [3.05, 3.63) is 27.8 Å². The molecule has 2 rings (SSSR count). The molecule has 1 aliphatic heterocycles. The highest BCUT2D eigenvalue weighted by Gasteiger charge is 2.13. The molecule has 0 aromatic heterocycles. The lowest BCUT2D eigenvalue weighted by Gasteiger charge is -2.27. The molecule has 1 aliphatic rings. The first-order chi connectivity index (χ1) is 9.58. The Labute approximate surface area is 134 Å². The number of rotatable bonds is 6. The van der Waals surface area contributed by atoms with Crippen LogP contribution in [0.15, 0.2) is 29.2 Å². The van der Waals surface area contributed by atoms with E-state index < -0.39 is 10.0 Å². The van der Waals surface area contributed by atoms with Gasteiger partial charge >= 0.3 is 0 Å². The summed E-state index contributed by atoms with van der Waals surface area (Å²) in [7, 11) is -3.36. The SMILES string of the molecule is O=S(=O)(NCCCN1CCNCC1)c1ccc(I)cc1. The van der Waals surface area contributed by atoms with E-state index in [0.717, 1.165) is 42.7 Å². The standard InChI is InChI=1S/C13H20IN3O2S/c14-12-2-4-13(5-3-12)20(18,19)16-6-1-9-17-10-7-15-8-11-17/h2-5,15-16H,1,6-11H2. The summed E-state index contributed by atoms with van der Waals surface area (Å²) in [6, 6.07) is 6.88. The molecule has 5 nitrogen and oxygen atoms in total. The summed E-state index contributed by atoms with van der Waals surface area (Å²) in [5.74, 6) is 0. The smallest absolute Gasteiger partial charge is 0.240 e. The van der Waals surface area contributed by atoms with E-state index in [4.69, 9.17) is 0 Å². The fraction of sp³-hybridized carbons (Fsp3) is 0.538. The van der Waals surface area contributed by atoms with Gasteiger partial charge in [0.05, 0.1) is 4.90 Å². The highest BCUT2D eigenvalue weighted by Crippen LogP contribution is 2.11. The van der Waals surface area contributed by atoms with Crippen molar-refractivity contribution in [3.8, 4) is 0 Å². The highest BCUT2D eigenvalue weighted by atomic mass is 127. The number of piperazine rings is 1. The second kappa shape index (κ2) is 7.69. The van der Waals surface area contributed by atoms with Gasteiger partial charge in [-0.1, -0.05) is 0 Å². The van der Waals surface area contributed by atoms with Crippen molar-refractivity contribution in [2.45, 2.75) is 11.3 Å². The maximum absolute atomic E-state index is 12.1. The molecule has 20 heavy (non-hydrogen) atoms. The van der Waals surface area contributed by atoms with E-state index >= 15 is 0 Å². The monoisotopic (exact) mass is 409 g/mol. The summed E-state index contributed by atoms with van der Waals surface area (Å²) in [6.45, 7) is 5.56. The Kier molecular flexibility index (Phi) is 6.21. The number of nitrogens with one attached hydrogen (secondary N) is 2. The lowest BCUT2D eigenvalue weighted by Crippen LogP contribution is -2.44. The summed E-state index contributed by atoms with van der Waals surface area (Å²) in [5.41, 5.74) is 0. The van der Waals surface area contributed by atoms with E-state index in [1.807, 2.05) is 0 Å². The van der Waals surface area contributed by atoms with Gasteiger partial charge in [-0.2, -0.15) is 0 Å². The highest BCUT2D eigenvalue weighted by molar-refractivity contribution is 14.1. The second-order valence-corrected chi connectivity index (χ2v) is 7.81. The number of benzene rings is 1. The number of hydrogen-bond donors (Lipinski definition) is 2. The van der Waals surface area contributed by atoms with Crippen molar-refractivity contribution in [2.75, 3.05) is 39.3 Å². The van der Waals surface area contributed by atoms with Crippen LogP contribution in [0.3, 0.4) is 0 Å². The normalized spacial score (nSPS) is 17.2. The van der Waals surface area contributed by atoms with Gasteiger partial charge in [-0.3, -0.25) is 0 Å². The van der Waals surface area contributed by atoms with E-state index in [-0.39, 0.29) is 0 Å². The molecule has 1 heterocycles. The summed E-state index contributed by atoms with van der Waals surface area (Å²) in [4.78, 5) is 2.69. The largest absolute Gasteiger partial charge is 0.314 e. The maximum Gasteiger partial charge on any atom is 0.240 e. The van der Waals surface area contributed by atoms with Gasteiger partial charge in [0.15, 0.2) is 0 Å². The van der Waals surface area contributed by atoms with Gasteiger partial charge in [0, 0.05) is 36.3 Å². The van der Waals surface area contributed by atoms with Crippen molar-refractivity contribution in [2.24, 2.45) is 0 Å². The van der Waals surface area contributed by atoms with Crippen molar-refractivity contribution < 1.29 is 8.42 Å². The minimum Gasteiger partial charge on any atom is -0.314 e. The van der Waals surface area contributed by atoms with Crippen LogP contribution in [-0.2, 0) is 10.0 Å². The number of nitrogens with zero attached hydrogens (tertiary/aromatic N) is 1. The molecule has 0 unspecified atom stereocenters. The summed E-state index contributed by atoms with van der Waals surface area (Å²) >= 11 is 2.16. The zero-order chi connectivity index (χ0) is 14.4. The first kappa shape index (κ1) is 16.2. The van der Waals surface area contributed by atoms with Crippen molar-refractivity contribution >= 4 is 32.6 Å². The molecule has 7 heteroatoms. The van der Waals surface area contributed by atoms with Gasteiger partial charge in [0.2, 0.25) is 10.0 Å². The van der Waals surface area contributed by atoms with Crippen LogP contribution >= 0.6 is 22.6 Å². The van der Waals surface area contributed by atoms with Gasteiger partial charge < -0.3 is 10.2 Å². The van der Waals surface area contributed by atoms with Crippen LogP contribution < -0.4 is 10.0 Å². The van der Waals surface area contributed by atoms with E-state index in [2.05, 4.69) is 37.5 Å². The van der Waals surface area contributed by atoms with Gasteiger partial charge in [-0.05, 0) is 59.8 Å². The minimum atomic E-state index is -3.36. The molecule has 0 radical (unpaired) electrons. The van der Waals surface area contributed by atoms with Crippen LogP contribution in [0.4, 0.5) is 0 Å². The Bertz CT molecular complexity index is 513. The topological polar surface area (TPSA) is 61.4 Å². The lowest BCUT2D eigenvalue weighted by atomic mass is 10.3. The molecule has 0 bridgehead atoms. The summed E-state index contributed by atoms with van der Waals surface area (Å²) in [6.07, 6.45) is 0.837. The van der Waals surface area contributed by atoms with Gasteiger partial charge in [-0.15, -0.1) is 0 Å². The minimum absolute atomic E-state index is 0.333. The summed E-state index contributed by atoms with van der Waals surface area (Å²) < 4.78 is 27.8. The molecule has 0 saturated carbocycles. The zero-order valence-corrected chi connectivity index (χ0v) is 14.3. The number of halogens is 1. The second-order valence-electron chi connectivity index (χ2n) is 4.80. The molecule has 1 saturated heterocycles. The van der Waals surface area contributed by atoms with Crippen molar-refractivity contribution in [1.29, 1.82) is 0 Å². The van der Waals surface area contributed by atoms with Crippen molar-refractivity contribution in [3.63, 3.8) is 0 Å². The number of hydrogen-bond acceptors (Lipinski definition) is 4. The molecule has 1 aromatic rings. The molecule has 1 fully saturated rings. The van der Waals surface area contributed by atoms with Crippen LogP contribution in [0.1, 0.15) is 6.42 Å². The van der Waals surface area contributed by atoms with Gasteiger partial charge in [0.1, 0.15) is 0 Å². The van der Waals surface area contributed by atoms with Gasteiger partial charge in [0.25, 0.3) is 0 Å². The van der Waals surface area contributed by atoms with Crippen LogP contribution in [0.5, 0.6) is 0 Å². The Morgan fingerprint density at radius 2 is 1.85 bits per heavy atom. The lowest BCUT2D eigenvalue weighted by molar-refractivity contribution is 0.239. The van der Waals surface area contributed by atoms with Crippen molar-refractivity contribution in [1.82, 2.24) is 14.9 Å². The first-order valence-corrected chi connectivity index (χ1v) is 9.32. The molecule has 0 spiro atoms. The van der Waals surface area contributed by atoms with E-state index in [0.29, 0.717) is 11.4 Å². The predicted octanol–water partition coefficient (Wildman–Crippen LogP) is 0.865. The third-order valence-corrected chi connectivity index (χ3v) is 5.47. The first-order valence-electron chi connectivity index (χ1n) is 6.76. The molecule has 0 atom stereocenters. The molecule has 2 N–H and O–H groups in total. The Hall–Kier alpha value is -0.220. The predicted molar refractivity (Wildman–Crippen MR) is 88.3 cm³/mol. The van der Waals surface area contributed by atoms with E-state index in [9.17, 15) is 8.42 Å². The third-order valence-electron chi connectivity index (χ3n) is 3.28. The average molecular weight is 409 g/mol. The van der Waals surface area contributed by atoms with Crippen LogP contribution in [0.2, 0.25) is 0 Å². The fourth-order valence-electron chi connectivity index (χ4n) is 2.14. The molecular formula is C13H20IN3O2S. The van der Waals surface area contributed by atoms with E-state index in [1.54, 1.807) is 24.3 Å².